The Bertz CT molecular complexity index is 537. The van der Waals surface area contributed by atoms with Crippen molar-refractivity contribution in [3.05, 3.63) is 71.8 Å². The third kappa shape index (κ3) is 5.79. The molecule has 3 nitrogen and oxygen atoms in total. The van der Waals surface area contributed by atoms with Crippen LogP contribution in [0.3, 0.4) is 0 Å². The van der Waals surface area contributed by atoms with Crippen molar-refractivity contribution in [2.24, 2.45) is 0 Å². The van der Waals surface area contributed by atoms with Crippen molar-refractivity contribution in [2.75, 3.05) is 0 Å². The van der Waals surface area contributed by atoms with Crippen LogP contribution in [0.5, 0.6) is 0 Å². The van der Waals surface area contributed by atoms with Crippen LogP contribution in [0.2, 0.25) is 0 Å². The molecule has 0 aromatic heterocycles. The lowest BCUT2D eigenvalue weighted by Gasteiger charge is -2.10. The molecule has 0 radical (unpaired) electrons. The summed E-state index contributed by atoms with van der Waals surface area (Å²) in [7, 11) is 0. The molecule has 0 saturated carbocycles. The fraction of sp³-hybridized carbons (Fsp3) is 0.278. The average Bonchev–Trinajstić information content (AvgIpc) is 2.53. The Labute approximate surface area is 125 Å². The molecule has 0 aliphatic rings. The molecule has 2 aromatic rings. The topological polar surface area (TPSA) is 46.5 Å². The molecule has 2 rings (SSSR count). The SMILES string of the molecule is O=C(C[C@@H](O)CCc1ccccc1)OCc1ccccc1. The molecule has 2 aromatic carbocycles. The standard InChI is InChI=1S/C18H20O3/c19-17(12-11-15-7-3-1-4-8-15)13-18(20)21-14-16-9-5-2-6-10-16/h1-10,17,19H,11-14H2/t17-/m0/s1. The molecule has 0 unspecified atom stereocenters. The molecule has 0 bridgehead atoms. The summed E-state index contributed by atoms with van der Waals surface area (Å²) in [6.07, 6.45) is 0.700. The molecule has 21 heavy (non-hydrogen) atoms. The molecule has 0 aliphatic carbocycles. The van der Waals surface area contributed by atoms with E-state index in [0.717, 1.165) is 17.5 Å². The third-order valence-corrected chi connectivity index (χ3v) is 3.25. The summed E-state index contributed by atoms with van der Waals surface area (Å²) in [5, 5.41) is 9.88. The van der Waals surface area contributed by atoms with Gasteiger partial charge in [-0.2, -0.15) is 0 Å². The van der Waals surface area contributed by atoms with E-state index in [1.54, 1.807) is 0 Å². The van der Waals surface area contributed by atoms with Gasteiger partial charge in [0.05, 0.1) is 12.5 Å². The average molecular weight is 284 g/mol. The Kier molecular flexibility index (Phi) is 5.98. The molecule has 0 heterocycles. The van der Waals surface area contributed by atoms with E-state index in [1.165, 1.54) is 0 Å². The monoisotopic (exact) mass is 284 g/mol. The molecule has 0 saturated heterocycles. The number of aliphatic hydroxyl groups excluding tert-OH is 1. The first-order valence-electron chi connectivity index (χ1n) is 7.15. The second kappa shape index (κ2) is 8.22. The van der Waals surface area contributed by atoms with Crippen LogP contribution in [0.25, 0.3) is 0 Å². The zero-order chi connectivity index (χ0) is 14.9. The normalized spacial score (nSPS) is 11.9. The number of aliphatic hydroxyl groups is 1. The lowest BCUT2D eigenvalue weighted by molar-refractivity contribution is -0.147. The number of benzene rings is 2. The van der Waals surface area contributed by atoms with E-state index < -0.39 is 6.10 Å². The zero-order valence-electron chi connectivity index (χ0n) is 11.9. The van der Waals surface area contributed by atoms with Crippen molar-refractivity contribution in [3.8, 4) is 0 Å². The molecular weight excluding hydrogens is 264 g/mol. The summed E-state index contributed by atoms with van der Waals surface area (Å²) >= 11 is 0. The van der Waals surface area contributed by atoms with Gasteiger partial charge < -0.3 is 9.84 Å². The predicted molar refractivity (Wildman–Crippen MR) is 81.6 cm³/mol. The Balaban J connectivity index is 1.67. The number of hydrogen-bond donors (Lipinski definition) is 1. The van der Waals surface area contributed by atoms with Gasteiger partial charge in [0.25, 0.3) is 0 Å². The van der Waals surface area contributed by atoms with E-state index in [-0.39, 0.29) is 19.0 Å². The van der Waals surface area contributed by atoms with E-state index in [9.17, 15) is 9.90 Å². The van der Waals surface area contributed by atoms with E-state index >= 15 is 0 Å². The molecule has 0 fully saturated rings. The summed E-state index contributed by atoms with van der Waals surface area (Å²) in [4.78, 5) is 11.7. The maximum Gasteiger partial charge on any atom is 0.308 e. The Morgan fingerprint density at radius 1 is 0.952 bits per heavy atom. The molecule has 0 spiro atoms. The largest absolute Gasteiger partial charge is 0.461 e. The lowest BCUT2D eigenvalue weighted by atomic mass is 10.1. The van der Waals surface area contributed by atoms with Crippen molar-refractivity contribution in [2.45, 2.75) is 32.0 Å². The Hall–Kier alpha value is -2.13. The van der Waals surface area contributed by atoms with Crippen LogP contribution in [-0.2, 0) is 22.6 Å². The van der Waals surface area contributed by atoms with Gasteiger partial charge in [-0.05, 0) is 24.0 Å². The highest BCUT2D eigenvalue weighted by Crippen LogP contribution is 2.09. The lowest BCUT2D eigenvalue weighted by Crippen LogP contribution is -2.16. The van der Waals surface area contributed by atoms with E-state index in [1.807, 2.05) is 60.7 Å². The first-order chi connectivity index (χ1) is 10.2. The van der Waals surface area contributed by atoms with Crippen LogP contribution >= 0.6 is 0 Å². The molecule has 3 heteroatoms. The highest BCUT2D eigenvalue weighted by molar-refractivity contribution is 5.69. The second-order valence-corrected chi connectivity index (χ2v) is 5.03. The van der Waals surface area contributed by atoms with Gasteiger partial charge in [-0.1, -0.05) is 60.7 Å². The van der Waals surface area contributed by atoms with Gasteiger partial charge in [0.15, 0.2) is 0 Å². The van der Waals surface area contributed by atoms with Crippen molar-refractivity contribution < 1.29 is 14.6 Å². The van der Waals surface area contributed by atoms with Gasteiger partial charge >= 0.3 is 5.97 Å². The fourth-order valence-corrected chi connectivity index (χ4v) is 2.07. The fourth-order valence-electron chi connectivity index (χ4n) is 2.07. The molecule has 1 N–H and O–H groups in total. The van der Waals surface area contributed by atoms with Crippen LogP contribution in [0, 0.1) is 0 Å². The number of carbonyl (C=O) groups is 1. The van der Waals surface area contributed by atoms with Crippen LogP contribution in [-0.4, -0.2) is 17.2 Å². The van der Waals surface area contributed by atoms with Gasteiger partial charge in [-0.3, -0.25) is 4.79 Å². The number of aryl methyl sites for hydroxylation is 1. The molecule has 1 atom stereocenters. The van der Waals surface area contributed by atoms with Crippen molar-refractivity contribution in [1.82, 2.24) is 0 Å². The first-order valence-corrected chi connectivity index (χ1v) is 7.15. The summed E-state index contributed by atoms with van der Waals surface area (Å²) in [6.45, 7) is 0.255. The molecule has 110 valence electrons. The van der Waals surface area contributed by atoms with Gasteiger partial charge in [0.2, 0.25) is 0 Å². The van der Waals surface area contributed by atoms with E-state index in [4.69, 9.17) is 4.74 Å². The van der Waals surface area contributed by atoms with Crippen LogP contribution < -0.4 is 0 Å². The van der Waals surface area contributed by atoms with Crippen LogP contribution in [0.4, 0.5) is 0 Å². The highest BCUT2D eigenvalue weighted by Gasteiger charge is 2.12. The van der Waals surface area contributed by atoms with E-state index in [2.05, 4.69) is 0 Å². The summed E-state index contributed by atoms with van der Waals surface area (Å²) in [6, 6.07) is 19.4. The van der Waals surface area contributed by atoms with Gasteiger partial charge in [-0.25, -0.2) is 0 Å². The quantitative estimate of drug-likeness (QED) is 0.795. The van der Waals surface area contributed by atoms with Crippen LogP contribution in [0.1, 0.15) is 24.0 Å². The molecule has 0 amide bonds. The van der Waals surface area contributed by atoms with Gasteiger partial charge in [0, 0.05) is 0 Å². The van der Waals surface area contributed by atoms with Crippen LogP contribution in [0.15, 0.2) is 60.7 Å². The molecular formula is C18H20O3. The second-order valence-electron chi connectivity index (χ2n) is 5.03. The highest BCUT2D eigenvalue weighted by atomic mass is 16.5. The number of hydrogen-bond acceptors (Lipinski definition) is 3. The maximum atomic E-state index is 11.7. The Morgan fingerprint density at radius 2 is 1.52 bits per heavy atom. The van der Waals surface area contributed by atoms with E-state index in [0.29, 0.717) is 6.42 Å². The summed E-state index contributed by atoms with van der Waals surface area (Å²) in [5.41, 5.74) is 2.11. The number of esters is 1. The summed E-state index contributed by atoms with van der Waals surface area (Å²) in [5.74, 6) is -0.362. The van der Waals surface area contributed by atoms with Crippen molar-refractivity contribution >= 4 is 5.97 Å². The smallest absolute Gasteiger partial charge is 0.308 e. The van der Waals surface area contributed by atoms with Gasteiger partial charge in [-0.15, -0.1) is 0 Å². The maximum absolute atomic E-state index is 11.7. The minimum atomic E-state index is -0.659. The minimum absolute atomic E-state index is 0.0413. The minimum Gasteiger partial charge on any atom is -0.461 e. The number of ether oxygens (including phenoxy) is 1. The number of carbonyl (C=O) groups excluding carboxylic acids is 1. The molecule has 0 aliphatic heterocycles. The first kappa shape index (κ1) is 15.3. The summed E-state index contributed by atoms with van der Waals surface area (Å²) < 4.78 is 5.15. The Morgan fingerprint density at radius 3 is 2.14 bits per heavy atom. The van der Waals surface area contributed by atoms with Crippen molar-refractivity contribution in [1.29, 1.82) is 0 Å². The zero-order valence-corrected chi connectivity index (χ0v) is 11.9. The predicted octanol–water partition coefficient (Wildman–Crippen LogP) is 3.11. The third-order valence-electron chi connectivity index (χ3n) is 3.25. The number of rotatable bonds is 7. The van der Waals surface area contributed by atoms with Gasteiger partial charge in [0.1, 0.15) is 6.61 Å². The van der Waals surface area contributed by atoms with Crippen molar-refractivity contribution in [3.63, 3.8) is 0 Å².